The van der Waals surface area contributed by atoms with E-state index in [9.17, 15) is 17.8 Å². The maximum Gasteiger partial charge on any atom is 0.311 e. The van der Waals surface area contributed by atoms with Crippen molar-refractivity contribution in [1.29, 1.82) is 0 Å². The molecule has 0 heterocycles. The Bertz CT molecular complexity index is 285. The van der Waals surface area contributed by atoms with Crippen LogP contribution in [0.4, 0.5) is 0 Å². The first-order chi connectivity index (χ1) is 6.13. The van der Waals surface area contributed by atoms with Gasteiger partial charge in [0, 0.05) is 5.75 Å². The summed E-state index contributed by atoms with van der Waals surface area (Å²) in [5, 5.41) is 0. The van der Waals surface area contributed by atoms with Crippen molar-refractivity contribution in [1.82, 2.24) is 0 Å². The number of ether oxygens (including phenoxy) is 1. The van der Waals surface area contributed by atoms with Gasteiger partial charge in [0.05, 0.1) is 22.1 Å². The van der Waals surface area contributed by atoms with E-state index in [2.05, 4.69) is 0 Å². The Labute approximate surface area is 84.2 Å². The summed E-state index contributed by atoms with van der Waals surface area (Å²) in [5.74, 6) is -0.898. The van der Waals surface area contributed by atoms with Crippen molar-refractivity contribution in [2.24, 2.45) is 5.41 Å². The second-order valence-corrected chi connectivity index (χ2v) is 5.52. The van der Waals surface area contributed by atoms with E-state index in [0.717, 1.165) is 0 Å². The highest BCUT2D eigenvalue weighted by molar-refractivity contribution is 7.85. The van der Waals surface area contributed by atoms with Gasteiger partial charge in [0.15, 0.2) is 0 Å². The van der Waals surface area contributed by atoms with Gasteiger partial charge in [-0.1, -0.05) is 0 Å². The highest BCUT2D eigenvalue weighted by Gasteiger charge is 2.22. The molecular formula is C8H15O5S-. The van der Waals surface area contributed by atoms with Gasteiger partial charge in [-0.3, -0.25) is 4.79 Å². The molecule has 0 aromatic carbocycles. The van der Waals surface area contributed by atoms with Gasteiger partial charge in [-0.05, 0) is 27.2 Å². The van der Waals surface area contributed by atoms with E-state index in [1.54, 1.807) is 20.8 Å². The van der Waals surface area contributed by atoms with E-state index < -0.39 is 27.3 Å². The molecule has 0 bridgehead atoms. The molecule has 0 aliphatic carbocycles. The lowest BCUT2D eigenvalue weighted by molar-refractivity contribution is -0.152. The Hall–Kier alpha value is -0.620. The molecule has 84 valence electrons. The van der Waals surface area contributed by atoms with Gasteiger partial charge in [-0.15, -0.1) is 0 Å². The number of hydrogen-bond donors (Lipinski definition) is 0. The van der Waals surface area contributed by atoms with Crippen molar-refractivity contribution in [2.45, 2.75) is 27.2 Å². The molecule has 0 aromatic rings. The van der Waals surface area contributed by atoms with E-state index in [4.69, 9.17) is 4.74 Å². The minimum absolute atomic E-state index is 0.0302. The van der Waals surface area contributed by atoms with Crippen molar-refractivity contribution in [3.63, 3.8) is 0 Å². The van der Waals surface area contributed by atoms with Crippen LogP contribution in [0.5, 0.6) is 0 Å². The summed E-state index contributed by atoms with van der Waals surface area (Å²) >= 11 is 0. The monoisotopic (exact) mass is 223 g/mol. The zero-order valence-electron chi connectivity index (χ0n) is 8.57. The number of carbonyl (C=O) groups is 1. The molecule has 0 atom stereocenters. The Morgan fingerprint density at radius 2 is 1.86 bits per heavy atom. The molecule has 0 N–H and O–H groups in total. The van der Waals surface area contributed by atoms with Crippen LogP contribution in [-0.4, -0.2) is 31.3 Å². The summed E-state index contributed by atoms with van der Waals surface area (Å²) in [4.78, 5) is 11.1. The van der Waals surface area contributed by atoms with E-state index in [1.807, 2.05) is 0 Å². The predicted molar refractivity (Wildman–Crippen MR) is 49.6 cm³/mol. The first kappa shape index (κ1) is 13.4. The largest absolute Gasteiger partial charge is 0.748 e. The zero-order chi connectivity index (χ0) is 11.4. The molecule has 0 amide bonds. The van der Waals surface area contributed by atoms with Crippen molar-refractivity contribution < 1.29 is 22.5 Å². The van der Waals surface area contributed by atoms with Gasteiger partial charge in [0.2, 0.25) is 0 Å². The van der Waals surface area contributed by atoms with Crippen LogP contribution in [0.15, 0.2) is 0 Å². The summed E-state index contributed by atoms with van der Waals surface area (Å²) in [5.41, 5.74) is -0.601. The fraction of sp³-hybridized carbons (Fsp3) is 0.875. The predicted octanol–water partition coefficient (Wildman–Crippen LogP) is 0.511. The molecule has 14 heavy (non-hydrogen) atoms. The Morgan fingerprint density at radius 1 is 1.36 bits per heavy atom. The normalized spacial score (nSPS) is 12.6. The van der Waals surface area contributed by atoms with E-state index in [0.29, 0.717) is 0 Å². The molecule has 0 unspecified atom stereocenters. The van der Waals surface area contributed by atoms with Crippen molar-refractivity contribution >= 4 is 16.1 Å². The van der Waals surface area contributed by atoms with Gasteiger partial charge < -0.3 is 9.29 Å². The number of rotatable bonds is 4. The van der Waals surface area contributed by atoms with Gasteiger partial charge in [-0.2, -0.15) is 0 Å². The minimum Gasteiger partial charge on any atom is -0.748 e. The fourth-order valence-corrected chi connectivity index (χ4v) is 1.09. The second kappa shape index (κ2) is 4.75. The Morgan fingerprint density at radius 3 is 2.21 bits per heavy atom. The third-order valence-electron chi connectivity index (χ3n) is 1.38. The molecule has 0 fully saturated rings. The quantitative estimate of drug-likeness (QED) is 0.394. The average Bonchev–Trinajstić information content (AvgIpc) is 1.93. The molecule has 0 saturated heterocycles. The number of hydrogen-bond acceptors (Lipinski definition) is 5. The van der Waals surface area contributed by atoms with Crippen LogP contribution >= 0.6 is 0 Å². The molecule has 0 aromatic heterocycles. The van der Waals surface area contributed by atoms with Crippen LogP contribution < -0.4 is 0 Å². The lowest BCUT2D eigenvalue weighted by Crippen LogP contribution is -2.23. The average molecular weight is 223 g/mol. The molecule has 6 heteroatoms. The summed E-state index contributed by atoms with van der Waals surface area (Å²) in [6, 6.07) is 0. The highest BCUT2D eigenvalue weighted by Crippen LogP contribution is 2.14. The van der Waals surface area contributed by atoms with Gasteiger partial charge in [-0.25, -0.2) is 8.42 Å². The topological polar surface area (TPSA) is 83.5 Å². The summed E-state index contributed by atoms with van der Waals surface area (Å²) in [6.45, 7) is 5.05. The lowest BCUT2D eigenvalue weighted by atomic mass is 9.97. The summed E-state index contributed by atoms with van der Waals surface area (Å²) < 4.78 is 35.3. The zero-order valence-corrected chi connectivity index (χ0v) is 9.39. The van der Waals surface area contributed by atoms with Crippen LogP contribution in [0, 0.1) is 5.41 Å². The maximum absolute atomic E-state index is 11.1. The van der Waals surface area contributed by atoms with Crippen molar-refractivity contribution in [3.8, 4) is 0 Å². The molecule has 0 spiro atoms. The van der Waals surface area contributed by atoms with Crippen LogP contribution in [0.25, 0.3) is 0 Å². The summed E-state index contributed by atoms with van der Waals surface area (Å²) in [6.07, 6.45) is 0.0493. The fourth-order valence-electron chi connectivity index (χ4n) is 0.617. The molecule has 0 aliphatic rings. The molecule has 0 rings (SSSR count). The SMILES string of the molecule is CC(C)(C)C(=O)OCCCS(=O)(=O)[O-]. The van der Waals surface area contributed by atoms with Crippen molar-refractivity contribution in [3.05, 3.63) is 0 Å². The van der Waals surface area contributed by atoms with Crippen LogP contribution in [-0.2, 0) is 19.6 Å². The van der Waals surface area contributed by atoms with Crippen molar-refractivity contribution in [2.75, 3.05) is 12.4 Å². The highest BCUT2D eigenvalue weighted by atomic mass is 32.2. The molecule has 5 nitrogen and oxygen atoms in total. The maximum atomic E-state index is 11.1. The van der Waals surface area contributed by atoms with Crippen LogP contribution in [0.1, 0.15) is 27.2 Å². The Balaban J connectivity index is 3.72. The van der Waals surface area contributed by atoms with Crippen LogP contribution in [0.2, 0.25) is 0 Å². The van der Waals surface area contributed by atoms with E-state index in [1.165, 1.54) is 0 Å². The molecule has 0 aliphatic heterocycles. The van der Waals surface area contributed by atoms with Gasteiger partial charge >= 0.3 is 5.97 Å². The third-order valence-corrected chi connectivity index (χ3v) is 2.17. The second-order valence-electron chi connectivity index (χ2n) is 4.00. The lowest BCUT2D eigenvalue weighted by Gasteiger charge is -2.16. The minimum atomic E-state index is -4.20. The molecular weight excluding hydrogens is 208 g/mol. The van der Waals surface area contributed by atoms with Crippen LogP contribution in [0.3, 0.4) is 0 Å². The molecule has 0 radical (unpaired) electrons. The smallest absolute Gasteiger partial charge is 0.311 e. The molecule has 0 saturated carbocycles. The standard InChI is InChI=1S/C8H16O5S/c1-8(2,3)7(9)13-5-4-6-14(10,11)12/h4-6H2,1-3H3,(H,10,11,12)/p-1. The number of carbonyl (C=O) groups excluding carboxylic acids is 1. The van der Waals surface area contributed by atoms with E-state index in [-0.39, 0.29) is 13.0 Å². The Kier molecular flexibility index (Phi) is 4.54. The van der Waals surface area contributed by atoms with E-state index >= 15 is 0 Å². The first-order valence-electron chi connectivity index (χ1n) is 4.24. The first-order valence-corrected chi connectivity index (χ1v) is 5.81. The van der Waals surface area contributed by atoms with Gasteiger partial charge in [0.25, 0.3) is 0 Å². The number of esters is 1. The third kappa shape index (κ3) is 6.85. The summed E-state index contributed by atoms with van der Waals surface area (Å²) in [7, 11) is -4.20. The van der Waals surface area contributed by atoms with Gasteiger partial charge in [0.1, 0.15) is 0 Å².